The first-order valence-corrected chi connectivity index (χ1v) is 7.80. The average Bonchev–Trinajstić information content (AvgIpc) is 2.82. The van der Waals surface area contributed by atoms with Gasteiger partial charge in [0.1, 0.15) is 20.5 Å². The summed E-state index contributed by atoms with van der Waals surface area (Å²) in [7, 11) is -2.99. The van der Waals surface area contributed by atoms with Crippen LogP contribution in [0.4, 0.5) is 5.69 Å². The quantitative estimate of drug-likeness (QED) is 0.881. The first-order chi connectivity index (χ1) is 7.96. The third-order valence-corrected chi connectivity index (χ3v) is 3.82. The number of aromatic nitrogens is 3. The maximum Gasteiger partial charge on any atom is 0.149 e. The third kappa shape index (κ3) is 3.04. The highest BCUT2D eigenvalue weighted by atomic mass is 32.2. The van der Waals surface area contributed by atoms with Crippen molar-refractivity contribution in [2.45, 2.75) is 6.54 Å². The topological polar surface area (TPSA) is 90.9 Å². The van der Waals surface area contributed by atoms with Gasteiger partial charge >= 0.3 is 0 Å². The first kappa shape index (κ1) is 12.1. The van der Waals surface area contributed by atoms with Crippen LogP contribution in [-0.4, -0.2) is 35.2 Å². The van der Waals surface area contributed by atoms with Gasteiger partial charge in [-0.25, -0.2) is 13.4 Å². The molecule has 0 unspecified atom stereocenters. The van der Waals surface area contributed by atoms with Crippen molar-refractivity contribution in [3.63, 3.8) is 0 Å². The van der Waals surface area contributed by atoms with E-state index in [1.165, 1.54) is 22.3 Å². The van der Waals surface area contributed by atoms with Gasteiger partial charge in [0, 0.05) is 24.0 Å². The number of thiazole rings is 1. The molecule has 2 rings (SSSR count). The fourth-order valence-corrected chi connectivity index (χ4v) is 2.48. The van der Waals surface area contributed by atoms with E-state index in [0.29, 0.717) is 17.9 Å². The lowest BCUT2D eigenvalue weighted by Gasteiger charge is -1.98. The maximum absolute atomic E-state index is 11.0. The van der Waals surface area contributed by atoms with E-state index in [2.05, 4.69) is 10.1 Å². The molecule has 0 amide bonds. The van der Waals surface area contributed by atoms with Gasteiger partial charge < -0.3 is 5.73 Å². The van der Waals surface area contributed by atoms with Gasteiger partial charge in [-0.1, -0.05) is 0 Å². The van der Waals surface area contributed by atoms with Crippen LogP contribution in [0.2, 0.25) is 0 Å². The molecule has 0 bridgehead atoms. The molecule has 0 saturated carbocycles. The minimum Gasteiger partial charge on any atom is -0.396 e. The molecule has 0 aliphatic rings. The van der Waals surface area contributed by atoms with Crippen LogP contribution in [0.5, 0.6) is 0 Å². The highest BCUT2D eigenvalue weighted by molar-refractivity contribution is 7.90. The third-order valence-electron chi connectivity index (χ3n) is 2.12. The Kier molecular flexibility index (Phi) is 3.16. The summed E-state index contributed by atoms with van der Waals surface area (Å²) >= 11 is 1.44. The predicted octanol–water partition coefficient (Wildman–Crippen LogP) is 0.633. The van der Waals surface area contributed by atoms with E-state index in [1.54, 1.807) is 12.4 Å². The normalized spacial score (nSPS) is 11.8. The van der Waals surface area contributed by atoms with E-state index in [1.807, 2.05) is 5.38 Å². The van der Waals surface area contributed by atoms with Gasteiger partial charge in [0.05, 0.1) is 18.0 Å². The van der Waals surface area contributed by atoms with Gasteiger partial charge in [-0.3, -0.25) is 4.68 Å². The first-order valence-electron chi connectivity index (χ1n) is 4.86. The molecule has 6 nitrogen and oxygen atoms in total. The highest BCUT2D eigenvalue weighted by Crippen LogP contribution is 2.25. The molecule has 0 saturated heterocycles. The van der Waals surface area contributed by atoms with Crippen LogP contribution in [-0.2, 0) is 16.4 Å². The summed E-state index contributed by atoms with van der Waals surface area (Å²) in [5.41, 5.74) is 6.92. The summed E-state index contributed by atoms with van der Waals surface area (Å²) in [6.45, 7) is 0.300. The second-order valence-corrected chi connectivity index (χ2v) is 6.82. The number of hydrogen-bond acceptors (Lipinski definition) is 6. The van der Waals surface area contributed by atoms with Gasteiger partial charge in [-0.2, -0.15) is 5.10 Å². The van der Waals surface area contributed by atoms with Crippen molar-refractivity contribution >= 4 is 26.9 Å². The minimum absolute atomic E-state index is 0.0471. The molecule has 2 N–H and O–H groups in total. The molecule has 0 fully saturated rings. The zero-order valence-electron chi connectivity index (χ0n) is 9.20. The van der Waals surface area contributed by atoms with E-state index >= 15 is 0 Å². The van der Waals surface area contributed by atoms with Crippen molar-refractivity contribution in [3.05, 3.63) is 17.8 Å². The van der Waals surface area contributed by atoms with Crippen molar-refractivity contribution in [2.24, 2.45) is 0 Å². The average molecular weight is 272 g/mol. The molecule has 0 atom stereocenters. The standard InChI is InChI=1S/C9H12N4O2S2/c1-17(14,15)5-3-13-6-7(10)8(12-13)9-11-2-4-16-9/h2,4,6H,3,5,10H2,1H3. The molecule has 8 heteroatoms. The van der Waals surface area contributed by atoms with E-state index in [9.17, 15) is 8.42 Å². The second kappa shape index (κ2) is 4.46. The highest BCUT2D eigenvalue weighted by Gasteiger charge is 2.11. The molecule has 2 aromatic heterocycles. The molecular weight excluding hydrogens is 260 g/mol. The van der Waals surface area contributed by atoms with Crippen LogP contribution in [0.25, 0.3) is 10.7 Å². The summed E-state index contributed by atoms with van der Waals surface area (Å²) in [4.78, 5) is 4.11. The van der Waals surface area contributed by atoms with Gasteiger partial charge in [0.15, 0.2) is 0 Å². The SMILES string of the molecule is CS(=O)(=O)CCn1cc(N)c(-c2nccs2)n1. The van der Waals surface area contributed by atoms with Crippen LogP contribution >= 0.6 is 11.3 Å². The number of nitrogens with zero attached hydrogens (tertiary/aromatic N) is 3. The Hall–Kier alpha value is -1.41. The van der Waals surface area contributed by atoms with Gasteiger partial charge in [0.25, 0.3) is 0 Å². The molecule has 2 heterocycles. The lowest BCUT2D eigenvalue weighted by Crippen LogP contribution is -2.11. The molecule has 0 aromatic carbocycles. The largest absolute Gasteiger partial charge is 0.396 e. The monoisotopic (exact) mass is 272 g/mol. The molecule has 92 valence electrons. The van der Waals surface area contributed by atoms with Gasteiger partial charge in [-0.05, 0) is 0 Å². The summed E-state index contributed by atoms with van der Waals surface area (Å²) in [6.07, 6.45) is 4.50. The molecule has 0 spiro atoms. The van der Waals surface area contributed by atoms with Crippen LogP contribution < -0.4 is 5.73 Å². The van der Waals surface area contributed by atoms with Crippen LogP contribution in [0, 0.1) is 0 Å². The zero-order valence-corrected chi connectivity index (χ0v) is 10.8. The number of sulfone groups is 1. The van der Waals surface area contributed by atoms with Crippen LogP contribution in [0.15, 0.2) is 17.8 Å². The Balaban J connectivity index is 2.20. The number of nitrogen functional groups attached to an aromatic ring is 1. The number of hydrogen-bond donors (Lipinski definition) is 1. The number of nitrogens with two attached hydrogens (primary N) is 1. The summed E-state index contributed by atoms with van der Waals surface area (Å²) in [5, 5.41) is 6.80. The zero-order chi connectivity index (χ0) is 12.5. The van der Waals surface area contributed by atoms with E-state index in [-0.39, 0.29) is 5.75 Å². The Morgan fingerprint density at radius 2 is 2.29 bits per heavy atom. The van der Waals surface area contributed by atoms with E-state index in [0.717, 1.165) is 5.01 Å². The number of aryl methyl sites for hydroxylation is 1. The van der Waals surface area contributed by atoms with Gasteiger partial charge in [0.2, 0.25) is 0 Å². The summed E-state index contributed by atoms with van der Waals surface area (Å²) in [5.74, 6) is 0.0471. The lowest BCUT2D eigenvalue weighted by molar-refractivity contribution is 0.586. The Labute approximate surface area is 103 Å². The van der Waals surface area contributed by atoms with Crippen LogP contribution in [0.1, 0.15) is 0 Å². The molecule has 0 radical (unpaired) electrons. The Morgan fingerprint density at radius 1 is 1.53 bits per heavy atom. The predicted molar refractivity (Wildman–Crippen MR) is 67.5 cm³/mol. The molecule has 0 aliphatic heterocycles. The molecule has 2 aromatic rings. The van der Waals surface area contributed by atoms with Crippen molar-refractivity contribution < 1.29 is 8.42 Å². The molecule has 0 aliphatic carbocycles. The smallest absolute Gasteiger partial charge is 0.149 e. The van der Waals surface area contributed by atoms with Crippen LogP contribution in [0.3, 0.4) is 0 Å². The number of anilines is 1. The fraction of sp³-hybridized carbons (Fsp3) is 0.333. The summed E-state index contributed by atoms with van der Waals surface area (Å²) < 4.78 is 23.6. The minimum atomic E-state index is -2.99. The van der Waals surface area contributed by atoms with Gasteiger partial charge in [-0.15, -0.1) is 11.3 Å². The number of rotatable bonds is 4. The lowest BCUT2D eigenvalue weighted by atomic mass is 10.4. The van der Waals surface area contributed by atoms with Crippen molar-refractivity contribution in [1.29, 1.82) is 0 Å². The van der Waals surface area contributed by atoms with E-state index in [4.69, 9.17) is 5.73 Å². The van der Waals surface area contributed by atoms with Crippen molar-refractivity contribution in [2.75, 3.05) is 17.7 Å². The second-order valence-electron chi connectivity index (χ2n) is 3.66. The fourth-order valence-electron chi connectivity index (χ4n) is 1.32. The molecular formula is C9H12N4O2S2. The van der Waals surface area contributed by atoms with Crippen molar-refractivity contribution in [1.82, 2.24) is 14.8 Å². The van der Waals surface area contributed by atoms with E-state index < -0.39 is 9.84 Å². The maximum atomic E-state index is 11.0. The molecule has 17 heavy (non-hydrogen) atoms. The van der Waals surface area contributed by atoms with Crippen molar-refractivity contribution in [3.8, 4) is 10.7 Å². The summed E-state index contributed by atoms with van der Waals surface area (Å²) in [6, 6.07) is 0. The Bertz CT molecular complexity index is 601. The Morgan fingerprint density at radius 3 is 2.88 bits per heavy atom.